The van der Waals surface area contributed by atoms with E-state index in [2.05, 4.69) is 5.32 Å². The molecular weight excluding hydrogens is 263 g/mol. The highest BCUT2D eigenvalue weighted by atomic mass is 35.5. The van der Waals surface area contributed by atoms with Crippen molar-refractivity contribution in [2.45, 2.75) is 6.04 Å². The van der Waals surface area contributed by atoms with E-state index in [4.69, 9.17) is 27.9 Å². The molecule has 1 unspecified atom stereocenters. The summed E-state index contributed by atoms with van der Waals surface area (Å²) in [5.41, 5.74) is 1.62. The maximum atomic E-state index is 11.9. The molecule has 1 aromatic carbocycles. The topological polar surface area (TPSA) is 41.6 Å². The largest absolute Gasteiger partial charge is 0.377 e. The van der Waals surface area contributed by atoms with Crippen molar-refractivity contribution in [2.75, 3.05) is 30.0 Å². The Bertz CT molecular complexity index is 493. The molecule has 0 aromatic heterocycles. The van der Waals surface area contributed by atoms with E-state index in [1.165, 1.54) is 0 Å². The van der Waals surface area contributed by atoms with Gasteiger partial charge in [-0.1, -0.05) is 23.2 Å². The summed E-state index contributed by atoms with van der Waals surface area (Å²) in [6.45, 7) is 1.71. The first-order valence-electron chi connectivity index (χ1n) is 5.31. The van der Waals surface area contributed by atoms with Gasteiger partial charge in [0, 0.05) is 6.54 Å². The zero-order valence-electron chi connectivity index (χ0n) is 8.87. The second-order valence-electron chi connectivity index (χ2n) is 4.06. The van der Waals surface area contributed by atoms with Gasteiger partial charge >= 0.3 is 0 Å². The van der Waals surface area contributed by atoms with Crippen molar-refractivity contribution in [1.82, 2.24) is 0 Å². The molecule has 2 aliphatic heterocycles. The van der Waals surface area contributed by atoms with Gasteiger partial charge in [0.2, 0.25) is 5.91 Å². The van der Waals surface area contributed by atoms with E-state index in [0.717, 1.165) is 5.69 Å². The lowest BCUT2D eigenvalue weighted by atomic mass is 10.1. The van der Waals surface area contributed by atoms with Crippen molar-refractivity contribution >= 4 is 40.5 Å². The first-order chi connectivity index (χ1) is 8.16. The Morgan fingerprint density at radius 2 is 2.12 bits per heavy atom. The number of fused-ring (bicyclic) bond motifs is 3. The number of rotatable bonds is 0. The Morgan fingerprint density at radius 1 is 1.35 bits per heavy atom. The molecule has 17 heavy (non-hydrogen) atoms. The van der Waals surface area contributed by atoms with Crippen LogP contribution in [0.25, 0.3) is 0 Å². The quantitative estimate of drug-likeness (QED) is 0.787. The number of anilines is 2. The summed E-state index contributed by atoms with van der Waals surface area (Å²) >= 11 is 12.0. The molecule has 6 heteroatoms. The Kier molecular flexibility index (Phi) is 2.65. The van der Waals surface area contributed by atoms with Crippen LogP contribution >= 0.6 is 23.2 Å². The van der Waals surface area contributed by atoms with Gasteiger partial charge in [0.05, 0.1) is 34.6 Å². The summed E-state index contributed by atoms with van der Waals surface area (Å²) in [5.74, 6) is -0.0596. The van der Waals surface area contributed by atoms with E-state index in [1.807, 2.05) is 4.90 Å². The van der Waals surface area contributed by atoms with E-state index in [-0.39, 0.29) is 11.9 Å². The molecule has 3 rings (SSSR count). The highest BCUT2D eigenvalue weighted by Gasteiger charge is 2.35. The fraction of sp³-hybridized carbons (Fsp3) is 0.364. The number of carbonyl (C=O) groups excluding carboxylic acids is 1. The third-order valence-electron chi connectivity index (χ3n) is 3.04. The van der Waals surface area contributed by atoms with Gasteiger partial charge < -0.3 is 15.0 Å². The monoisotopic (exact) mass is 272 g/mol. The van der Waals surface area contributed by atoms with Gasteiger partial charge in [0.15, 0.2) is 0 Å². The molecule has 0 radical (unpaired) electrons. The van der Waals surface area contributed by atoms with Crippen molar-refractivity contribution in [3.8, 4) is 0 Å². The number of hydrogen-bond donors (Lipinski definition) is 1. The smallest absolute Gasteiger partial charge is 0.249 e. The maximum Gasteiger partial charge on any atom is 0.249 e. The number of carbonyl (C=O) groups is 1. The van der Waals surface area contributed by atoms with Crippen LogP contribution < -0.4 is 10.2 Å². The number of hydrogen-bond acceptors (Lipinski definition) is 3. The zero-order valence-corrected chi connectivity index (χ0v) is 10.4. The van der Waals surface area contributed by atoms with Crippen molar-refractivity contribution < 1.29 is 9.53 Å². The summed E-state index contributed by atoms with van der Waals surface area (Å²) < 4.78 is 5.32. The molecule has 4 nitrogen and oxygen atoms in total. The van der Waals surface area contributed by atoms with Gasteiger partial charge in [0.25, 0.3) is 0 Å². The highest BCUT2D eigenvalue weighted by Crippen LogP contribution is 2.38. The number of benzene rings is 1. The molecule has 0 aliphatic carbocycles. The van der Waals surface area contributed by atoms with E-state index >= 15 is 0 Å². The summed E-state index contributed by atoms with van der Waals surface area (Å²) in [7, 11) is 0. The van der Waals surface area contributed by atoms with Crippen LogP contribution in [0.15, 0.2) is 12.1 Å². The van der Waals surface area contributed by atoms with E-state index < -0.39 is 0 Å². The lowest BCUT2D eigenvalue weighted by Crippen LogP contribution is -2.54. The fourth-order valence-corrected chi connectivity index (χ4v) is 2.52. The minimum Gasteiger partial charge on any atom is -0.377 e. The average Bonchev–Trinajstić information content (AvgIpc) is 2.32. The summed E-state index contributed by atoms with van der Waals surface area (Å²) in [6, 6.07) is 3.20. The Hall–Kier alpha value is -0.970. The highest BCUT2D eigenvalue weighted by molar-refractivity contribution is 6.42. The van der Waals surface area contributed by atoms with Gasteiger partial charge in [-0.15, -0.1) is 0 Å². The maximum absolute atomic E-state index is 11.9. The second-order valence-corrected chi connectivity index (χ2v) is 4.87. The Morgan fingerprint density at radius 3 is 2.94 bits per heavy atom. The fourth-order valence-electron chi connectivity index (χ4n) is 2.20. The summed E-state index contributed by atoms with van der Waals surface area (Å²) in [5, 5.41) is 3.76. The van der Waals surface area contributed by atoms with Crippen LogP contribution in [-0.2, 0) is 9.53 Å². The zero-order chi connectivity index (χ0) is 12.0. The molecule has 2 aliphatic rings. The van der Waals surface area contributed by atoms with Crippen molar-refractivity contribution in [3.63, 3.8) is 0 Å². The van der Waals surface area contributed by atoms with Gasteiger partial charge in [0.1, 0.15) is 6.04 Å². The van der Waals surface area contributed by atoms with Crippen LogP contribution in [0.2, 0.25) is 10.0 Å². The average molecular weight is 273 g/mol. The lowest BCUT2D eigenvalue weighted by molar-refractivity contribution is -0.119. The number of amides is 1. The summed E-state index contributed by atoms with van der Waals surface area (Å²) in [6.07, 6.45) is 0. The van der Waals surface area contributed by atoms with Crippen molar-refractivity contribution in [1.29, 1.82) is 0 Å². The van der Waals surface area contributed by atoms with Crippen LogP contribution in [0.1, 0.15) is 0 Å². The molecule has 1 aromatic rings. The summed E-state index contributed by atoms with van der Waals surface area (Å²) in [4.78, 5) is 13.9. The third kappa shape index (κ3) is 1.76. The molecule has 1 atom stereocenters. The Balaban J connectivity index is 2.10. The number of halogens is 2. The van der Waals surface area contributed by atoms with E-state index in [0.29, 0.717) is 35.5 Å². The number of ether oxygens (including phenoxy) is 1. The predicted octanol–water partition coefficient (Wildman–Crippen LogP) is 2.15. The van der Waals surface area contributed by atoms with Crippen LogP contribution in [0.3, 0.4) is 0 Å². The molecule has 2 heterocycles. The van der Waals surface area contributed by atoms with Crippen molar-refractivity contribution in [2.24, 2.45) is 0 Å². The van der Waals surface area contributed by atoms with E-state index in [1.54, 1.807) is 12.1 Å². The first-order valence-corrected chi connectivity index (χ1v) is 6.07. The van der Waals surface area contributed by atoms with Crippen molar-refractivity contribution in [3.05, 3.63) is 22.2 Å². The molecule has 90 valence electrons. The molecule has 0 saturated carbocycles. The van der Waals surface area contributed by atoms with Crippen LogP contribution in [0.4, 0.5) is 11.4 Å². The molecule has 1 fully saturated rings. The number of nitrogens with zero attached hydrogens (tertiary/aromatic N) is 1. The normalized spacial score (nSPS) is 22.8. The van der Waals surface area contributed by atoms with Crippen LogP contribution in [-0.4, -0.2) is 31.7 Å². The first kappa shape index (κ1) is 11.1. The standard InChI is InChI=1S/C11H10Cl2N2O2/c12-6-3-8-9(4-7(6)13)15-1-2-17-5-10(15)11(16)14-8/h3-4,10H,1-2,5H2,(H,14,16). The molecule has 1 amide bonds. The van der Waals surface area contributed by atoms with Crippen LogP contribution in [0.5, 0.6) is 0 Å². The van der Waals surface area contributed by atoms with Gasteiger partial charge in [-0.3, -0.25) is 4.79 Å². The lowest BCUT2D eigenvalue weighted by Gasteiger charge is -2.40. The van der Waals surface area contributed by atoms with Gasteiger partial charge in [-0.25, -0.2) is 0 Å². The SMILES string of the molecule is O=C1Nc2cc(Cl)c(Cl)cc2N2CCOCC12. The number of morpholine rings is 1. The third-order valence-corrected chi connectivity index (χ3v) is 3.76. The van der Waals surface area contributed by atoms with Crippen LogP contribution in [0, 0.1) is 0 Å². The molecule has 1 saturated heterocycles. The second kappa shape index (κ2) is 4.05. The minimum atomic E-state index is -0.270. The van der Waals surface area contributed by atoms with Gasteiger partial charge in [-0.2, -0.15) is 0 Å². The molecule has 0 bridgehead atoms. The number of nitrogens with one attached hydrogen (secondary N) is 1. The Labute approximate surface area is 108 Å². The molecular formula is C11H10Cl2N2O2. The van der Waals surface area contributed by atoms with E-state index in [9.17, 15) is 4.79 Å². The minimum absolute atomic E-state index is 0.0596. The predicted molar refractivity (Wildman–Crippen MR) is 67.0 cm³/mol. The molecule has 0 spiro atoms. The molecule has 1 N–H and O–H groups in total. The van der Waals surface area contributed by atoms with Gasteiger partial charge in [-0.05, 0) is 12.1 Å².